The van der Waals surface area contributed by atoms with Crippen molar-refractivity contribution >= 4 is 17.7 Å². The van der Waals surface area contributed by atoms with Crippen molar-refractivity contribution in [3.8, 4) is 6.07 Å². The molecule has 1 aromatic rings. The van der Waals surface area contributed by atoms with Crippen LogP contribution in [0.25, 0.3) is 0 Å². The fourth-order valence-electron chi connectivity index (χ4n) is 4.73. The van der Waals surface area contributed by atoms with E-state index in [0.29, 0.717) is 13.0 Å². The average Bonchev–Trinajstić information content (AvgIpc) is 2.83. The number of benzene rings is 1. The maximum absolute atomic E-state index is 14.6. The second kappa shape index (κ2) is 10.9. The molecule has 3 N–H and O–H groups in total. The molecular formula is C24H30F2N4O4. The van der Waals surface area contributed by atoms with Gasteiger partial charge in [-0.3, -0.25) is 14.4 Å². The van der Waals surface area contributed by atoms with Gasteiger partial charge >= 0.3 is 0 Å². The molecule has 2 saturated heterocycles. The maximum atomic E-state index is 14.6. The van der Waals surface area contributed by atoms with Gasteiger partial charge in [0.15, 0.2) is 6.10 Å². The molecule has 3 rings (SSSR count). The molecule has 0 aromatic heterocycles. The van der Waals surface area contributed by atoms with Crippen molar-refractivity contribution in [3.63, 3.8) is 0 Å². The zero-order valence-electron chi connectivity index (χ0n) is 19.0. The molecular weight excluding hydrogens is 446 g/mol. The largest absolute Gasteiger partial charge is 0.378 e. The number of alkyl halides is 2. The molecule has 0 saturated carbocycles. The number of piperidine rings is 2. The standard InChI is InChI=1S/C24H30F2N4O4/c1-2-18-12-24(25,26)13-19(30(18)23(34)20(31)15-7-4-3-5-8-15)22(33)29-17(14-27)11-16-9-6-10-28-21(16)32/h3-5,7-8,16-20,31H,2,6,9-13H2,1H3,(H,28,32)(H,29,33)/t16-,17-,18-,19-,20?/m0/s1. The lowest BCUT2D eigenvalue weighted by Crippen LogP contribution is -2.62. The number of aliphatic hydroxyl groups is 1. The third kappa shape index (κ3) is 5.89. The lowest BCUT2D eigenvalue weighted by atomic mass is 9.88. The number of halogens is 2. The number of likely N-dealkylation sites (tertiary alicyclic amines) is 1. The number of hydrogen-bond donors (Lipinski definition) is 3. The molecule has 0 radical (unpaired) electrons. The Labute approximate surface area is 197 Å². The van der Waals surface area contributed by atoms with Gasteiger partial charge in [-0.2, -0.15) is 5.26 Å². The predicted octanol–water partition coefficient (Wildman–Crippen LogP) is 2.05. The van der Waals surface area contributed by atoms with Crippen LogP contribution in [-0.4, -0.2) is 58.3 Å². The zero-order valence-corrected chi connectivity index (χ0v) is 19.0. The van der Waals surface area contributed by atoms with Crippen molar-refractivity contribution in [2.24, 2.45) is 5.92 Å². The molecule has 0 spiro atoms. The Morgan fingerprint density at radius 3 is 2.65 bits per heavy atom. The van der Waals surface area contributed by atoms with E-state index >= 15 is 0 Å². The van der Waals surface area contributed by atoms with Gasteiger partial charge in [0.05, 0.1) is 6.07 Å². The van der Waals surface area contributed by atoms with Crippen molar-refractivity contribution in [2.75, 3.05) is 6.54 Å². The fraction of sp³-hybridized carbons (Fsp3) is 0.583. The third-order valence-electron chi connectivity index (χ3n) is 6.52. The van der Waals surface area contributed by atoms with Crippen molar-refractivity contribution in [3.05, 3.63) is 35.9 Å². The quantitative estimate of drug-likeness (QED) is 0.556. The van der Waals surface area contributed by atoms with Gasteiger partial charge in [0.1, 0.15) is 12.1 Å². The van der Waals surface area contributed by atoms with E-state index in [1.807, 2.05) is 6.07 Å². The molecule has 2 aliphatic rings. The summed E-state index contributed by atoms with van der Waals surface area (Å²) in [6.45, 7) is 2.19. The number of carbonyl (C=O) groups is 3. The van der Waals surface area contributed by atoms with E-state index in [1.165, 1.54) is 12.1 Å². The minimum Gasteiger partial charge on any atom is -0.378 e. The minimum atomic E-state index is -3.19. The molecule has 1 aromatic carbocycles. The Morgan fingerprint density at radius 1 is 1.32 bits per heavy atom. The molecule has 0 aliphatic carbocycles. The van der Waals surface area contributed by atoms with Gasteiger partial charge in [-0.15, -0.1) is 0 Å². The highest BCUT2D eigenvalue weighted by Crippen LogP contribution is 2.38. The number of nitrogens with one attached hydrogen (secondary N) is 2. The monoisotopic (exact) mass is 476 g/mol. The number of hydrogen-bond acceptors (Lipinski definition) is 5. The first-order valence-electron chi connectivity index (χ1n) is 11.6. The van der Waals surface area contributed by atoms with Gasteiger partial charge in [-0.05, 0) is 31.2 Å². The topological polar surface area (TPSA) is 123 Å². The summed E-state index contributed by atoms with van der Waals surface area (Å²) in [5.41, 5.74) is 0.289. The SMILES string of the molecule is CC[C@H]1CC(F)(F)C[C@@H](C(=O)N[C@H](C#N)C[C@@H]2CCCNC2=O)N1C(=O)C(O)c1ccccc1. The lowest BCUT2D eigenvalue weighted by Gasteiger charge is -2.45. The molecule has 3 amide bonds. The van der Waals surface area contributed by atoms with Crippen molar-refractivity contribution in [2.45, 2.75) is 75.6 Å². The smallest absolute Gasteiger partial charge is 0.256 e. The molecule has 10 heteroatoms. The zero-order chi connectivity index (χ0) is 24.9. The summed E-state index contributed by atoms with van der Waals surface area (Å²) in [7, 11) is 0. The van der Waals surface area contributed by atoms with Crippen LogP contribution in [0.1, 0.15) is 57.1 Å². The lowest BCUT2D eigenvalue weighted by molar-refractivity contribution is -0.166. The number of nitriles is 1. The van der Waals surface area contributed by atoms with Crippen LogP contribution in [-0.2, 0) is 14.4 Å². The molecule has 8 nitrogen and oxygen atoms in total. The summed E-state index contributed by atoms with van der Waals surface area (Å²) in [5.74, 6) is -5.60. The van der Waals surface area contributed by atoms with Crippen molar-refractivity contribution in [1.29, 1.82) is 5.26 Å². The molecule has 5 atom stereocenters. The molecule has 184 valence electrons. The Balaban J connectivity index is 1.82. The second-order valence-electron chi connectivity index (χ2n) is 8.96. The van der Waals surface area contributed by atoms with Crippen LogP contribution in [0.5, 0.6) is 0 Å². The first-order chi connectivity index (χ1) is 16.2. The Kier molecular flexibility index (Phi) is 8.20. The van der Waals surface area contributed by atoms with E-state index in [1.54, 1.807) is 25.1 Å². The normalized spacial score (nSPS) is 26.0. The first kappa shape index (κ1) is 25.6. The van der Waals surface area contributed by atoms with E-state index in [4.69, 9.17) is 0 Å². The highest BCUT2D eigenvalue weighted by atomic mass is 19.3. The number of rotatable bonds is 7. The summed E-state index contributed by atoms with van der Waals surface area (Å²) in [4.78, 5) is 39.5. The van der Waals surface area contributed by atoms with Crippen LogP contribution >= 0.6 is 0 Å². The van der Waals surface area contributed by atoms with E-state index in [2.05, 4.69) is 10.6 Å². The van der Waals surface area contributed by atoms with Gasteiger partial charge in [-0.1, -0.05) is 37.3 Å². The van der Waals surface area contributed by atoms with E-state index in [0.717, 1.165) is 11.3 Å². The van der Waals surface area contributed by atoms with E-state index in [9.17, 15) is 33.5 Å². The van der Waals surface area contributed by atoms with Gasteiger partial charge < -0.3 is 20.6 Å². The number of aliphatic hydroxyl groups excluding tert-OH is 1. The van der Waals surface area contributed by atoms with Gasteiger partial charge in [0.2, 0.25) is 11.8 Å². The third-order valence-corrected chi connectivity index (χ3v) is 6.52. The average molecular weight is 477 g/mol. The molecule has 2 heterocycles. The number of amides is 3. The highest BCUT2D eigenvalue weighted by molar-refractivity contribution is 5.90. The number of nitrogens with zero attached hydrogens (tertiary/aromatic N) is 2. The van der Waals surface area contributed by atoms with Crippen LogP contribution in [0.2, 0.25) is 0 Å². The minimum absolute atomic E-state index is 0.0506. The molecule has 34 heavy (non-hydrogen) atoms. The second-order valence-corrected chi connectivity index (χ2v) is 8.96. The Hall–Kier alpha value is -3.06. The first-order valence-corrected chi connectivity index (χ1v) is 11.6. The molecule has 0 bridgehead atoms. The predicted molar refractivity (Wildman–Crippen MR) is 118 cm³/mol. The van der Waals surface area contributed by atoms with E-state index in [-0.39, 0.29) is 24.3 Å². The Bertz CT molecular complexity index is 937. The van der Waals surface area contributed by atoms with Crippen molar-refractivity contribution < 1.29 is 28.3 Å². The van der Waals surface area contributed by atoms with Gasteiger partial charge in [-0.25, -0.2) is 8.78 Å². The number of carbonyl (C=O) groups excluding carboxylic acids is 3. The Morgan fingerprint density at radius 2 is 2.03 bits per heavy atom. The van der Waals surface area contributed by atoms with Crippen LogP contribution in [0.15, 0.2) is 30.3 Å². The van der Waals surface area contributed by atoms with Gasteiger partial charge in [0.25, 0.3) is 11.8 Å². The highest BCUT2D eigenvalue weighted by Gasteiger charge is 2.50. The van der Waals surface area contributed by atoms with Crippen LogP contribution in [0, 0.1) is 17.2 Å². The summed E-state index contributed by atoms with van der Waals surface area (Å²) in [6.07, 6.45) is -1.63. The summed E-state index contributed by atoms with van der Waals surface area (Å²) < 4.78 is 29.1. The van der Waals surface area contributed by atoms with Crippen LogP contribution < -0.4 is 10.6 Å². The summed E-state index contributed by atoms with van der Waals surface area (Å²) in [6, 6.07) is 6.39. The summed E-state index contributed by atoms with van der Waals surface area (Å²) in [5, 5.41) is 25.4. The maximum Gasteiger partial charge on any atom is 0.256 e. The van der Waals surface area contributed by atoms with Gasteiger partial charge in [0, 0.05) is 31.3 Å². The molecule has 2 aliphatic heterocycles. The van der Waals surface area contributed by atoms with Crippen LogP contribution in [0.4, 0.5) is 8.78 Å². The molecule has 2 fully saturated rings. The van der Waals surface area contributed by atoms with E-state index < -0.39 is 60.7 Å². The fourth-order valence-corrected chi connectivity index (χ4v) is 4.73. The summed E-state index contributed by atoms with van der Waals surface area (Å²) >= 11 is 0. The molecule has 1 unspecified atom stereocenters. The van der Waals surface area contributed by atoms with Crippen LogP contribution in [0.3, 0.4) is 0 Å². The van der Waals surface area contributed by atoms with Crippen molar-refractivity contribution in [1.82, 2.24) is 15.5 Å².